The number of esters is 1. The quantitative estimate of drug-likeness (QED) is 0.449. The summed E-state index contributed by atoms with van der Waals surface area (Å²) >= 11 is 0. The number of carbonyl (C=O) groups excluding carboxylic acids is 2. The molecule has 1 aromatic rings. The highest BCUT2D eigenvalue weighted by molar-refractivity contribution is 5.94. The molecule has 0 heterocycles. The van der Waals surface area contributed by atoms with Gasteiger partial charge in [-0.3, -0.25) is 9.59 Å². The van der Waals surface area contributed by atoms with Gasteiger partial charge < -0.3 is 9.47 Å². The first-order chi connectivity index (χ1) is 8.86. The van der Waals surface area contributed by atoms with Gasteiger partial charge in [-0.15, -0.1) is 0 Å². The molecule has 0 fully saturated rings. The van der Waals surface area contributed by atoms with E-state index < -0.39 is 5.60 Å². The molecule has 0 saturated heterocycles. The highest BCUT2D eigenvalue weighted by Crippen LogP contribution is 2.20. The second kappa shape index (κ2) is 6.18. The molecular weight excluding hydrogens is 244 g/mol. The SMILES string of the molecule is C=CC(C)(COC(C)=O)Oc1ccc(C(C)=O)cc1. The van der Waals surface area contributed by atoms with E-state index in [1.165, 1.54) is 13.8 Å². The number of hydrogen-bond acceptors (Lipinski definition) is 4. The van der Waals surface area contributed by atoms with Crippen LogP contribution in [0.15, 0.2) is 36.9 Å². The van der Waals surface area contributed by atoms with E-state index in [1.807, 2.05) is 0 Å². The predicted molar refractivity (Wildman–Crippen MR) is 72.3 cm³/mol. The van der Waals surface area contributed by atoms with E-state index in [0.717, 1.165) is 0 Å². The van der Waals surface area contributed by atoms with E-state index in [2.05, 4.69) is 6.58 Å². The van der Waals surface area contributed by atoms with Gasteiger partial charge in [0.15, 0.2) is 11.4 Å². The molecular formula is C15H18O4. The van der Waals surface area contributed by atoms with E-state index >= 15 is 0 Å². The third-order valence-corrected chi connectivity index (χ3v) is 2.61. The Kier molecular flexibility index (Phi) is 4.87. The summed E-state index contributed by atoms with van der Waals surface area (Å²) in [5, 5.41) is 0. The molecule has 0 radical (unpaired) electrons. The Balaban J connectivity index is 2.77. The van der Waals surface area contributed by atoms with Crippen molar-refractivity contribution in [3.05, 3.63) is 42.5 Å². The molecule has 0 aliphatic rings. The number of ether oxygens (including phenoxy) is 2. The molecule has 1 aromatic carbocycles. The van der Waals surface area contributed by atoms with E-state index in [-0.39, 0.29) is 18.4 Å². The van der Waals surface area contributed by atoms with Crippen LogP contribution < -0.4 is 4.74 Å². The number of carbonyl (C=O) groups is 2. The number of hydrogen-bond donors (Lipinski definition) is 0. The van der Waals surface area contributed by atoms with Gasteiger partial charge in [-0.2, -0.15) is 0 Å². The van der Waals surface area contributed by atoms with Gasteiger partial charge in [-0.1, -0.05) is 6.58 Å². The van der Waals surface area contributed by atoms with E-state index in [4.69, 9.17) is 9.47 Å². The Labute approximate surface area is 113 Å². The first-order valence-electron chi connectivity index (χ1n) is 5.93. The summed E-state index contributed by atoms with van der Waals surface area (Å²) in [6, 6.07) is 6.78. The van der Waals surface area contributed by atoms with Crippen LogP contribution in [0.4, 0.5) is 0 Å². The number of rotatable bonds is 6. The van der Waals surface area contributed by atoms with Crippen molar-refractivity contribution < 1.29 is 19.1 Å². The zero-order valence-corrected chi connectivity index (χ0v) is 11.4. The largest absolute Gasteiger partial charge is 0.480 e. The minimum atomic E-state index is -0.802. The van der Waals surface area contributed by atoms with Crippen molar-refractivity contribution in [3.8, 4) is 5.75 Å². The summed E-state index contributed by atoms with van der Waals surface area (Å²) in [4.78, 5) is 22.0. The molecule has 0 bridgehead atoms. The molecule has 1 atom stereocenters. The molecule has 0 spiro atoms. The summed E-state index contributed by atoms with van der Waals surface area (Å²) in [7, 11) is 0. The third-order valence-electron chi connectivity index (χ3n) is 2.61. The van der Waals surface area contributed by atoms with Crippen LogP contribution in [-0.4, -0.2) is 24.0 Å². The van der Waals surface area contributed by atoms with Crippen LogP contribution in [0.25, 0.3) is 0 Å². The molecule has 0 aromatic heterocycles. The van der Waals surface area contributed by atoms with Crippen LogP contribution in [0.2, 0.25) is 0 Å². The highest BCUT2D eigenvalue weighted by Gasteiger charge is 2.24. The first kappa shape index (κ1) is 15.0. The summed E-state index contributed by atoms with van der Waals surface area (Å²) in [6.45, 7) is 8.37. The first-order valence-corrected chi connectivity index (χ1v) is 5.93. The van der Waals surface area contributed by atoms with Crippen molar-refractivity contribution >= 4 is 11.8 Å². The van der Waals surface area contributed by atoms with Crippen LogP contribution in [0.5, 0.6) is 5.75 Å². The van der Waals surface area contributed by atoms with Crippen molar-refractivity contribution in [1.29, 1.82) is 0 Å². The Morgan fingerprint density at radius 3 is 2.26 bits per heavy atom. The minimum absolute atomic E-state index is 0.00190. The van der Waals surface area contributed by atoms with Gasteiger partial charge in [0.05, 0.1) is 0 Å². The molecule has 102 valence electrons. The molecule has 0 aliphatic carbocycles. The lowest BCUT2D eigenvalue weighted by atomic mass is 10.1. The molecule has 0 saturated carbocycles. The van der Waals surface area contributed by atoms with Crippen molar-refractivity contribution in [1.82, 2.24) is 0 Å². The van der Waals surface area contributed by atoms with Gasteiger partial charge in [-0.25, -0.2) is 0 Å². The topological polar surface area (TPSA) is 52.6 Å². The maximum absolute atomic E-state index is 11.2. The van der Waals surface area contributed by atoms with Crippen LogP contribution in [-0.2, 0) is 9.53 Å². The van der Waals surface area contributed by atoms with Gasteiger partial charge in [-0.05, 0) is 44.2 Å². The van der Waals surface area contributed by atoms with E-state index in [1.54, 1.807) is 37.3 Å². The third kappa shape index (κ3) is 4.58. The van der Waals surface area contributed by atoms with Crippen LogP contribution in [0.3, 0.4) is 0 Å². The minimum Gasteiger partial charge on any atom is -0.480 e. The fraction of sp³-hybridized carbons (Fsp3) is 0.333. The summed E-state index contributed by atoms with van der Waals surface area (Å²) in [5.74, 6) is 0.209. The maximum atomic E-state index is 11.2. The molecule has 19 heavy (non-hydrogen) atoms. The van der Waals surface area contributed by atoms with Crippen LogP contribution >= 0.6 is 0 Å². The maximum Gasteiger partial charge on any atom is 0.302 e. The van der Waals surface area contributed by atoms with E-state index in [0.29, 0.717) is 11.3 Å². The molecule has 0 amide bonds. The van der Waals surface area contributed by atoms with Crippen molar-refractivity contribution in [2.24, 2.45) is 0 Å². The fourth-order valence-electron chi connectivity index (χ4n) is 1.40. The summed E-state index contributed by atoms with van der Waals surface area (Å²) < 4.78 is 10.7. The van der Waals surface area contributed by atoms with Gasteiger partial charge in [0.2, 0.25) is 0 Å². The standard InChI is InChI=1S/C15H18O4/c1-5-15(4,10-18-12(3)17)19-14-8-6-13(7-9-14)11(2)16/h5-9H,1,10H2,2-4H3. The normalized spacial score (nSPS) is 13.2. The number of Topliss-reactive ketones (excluding diaryl/α,β-unsaturated/α-hetero) is 1. The Morgan fingerprint density at radius 2 is 1.84 bits per heavy atom. The van der Waals surface area contributed by atoms with Gasteiger partial charge in [0.25, 0.3) is 0 Å². The fourth-order valence-corrected chi connectivity index (χ4v) is 1.40. The van der Waals surface area contributed by atoms with Gasteiger partial charge in [0.1, 0.15) is 12.4 Å². The average Bonchev–Trinajstić information content (AvgIpc) is 2.37. The molecule has 4 nitrogen and oxygen atoms in total. The highest BCUT2D eigenvalue weighted by atomic mass is 16.6. The van der Waals surface area contributed by atoms with Crippen molar-refractivity contribution in [2.75, 3.05) is 6.61 Å². The lowest BCUT2D eigenvalue weighted by molar-refractivity contribution is -0.145. The summed E-state index contributed by atoms with van der Waals surface area (Å²) in [6.07, 6.45) is 1.58. The second-order valence-corrected chi connectivity index (χ2v) is 4.48. The lowest BCUT2D eigenvalue weighted by Crippen LogP contribution is -2.36. The van der Waals surface area contributed by atoms with Crippen LogP contribution in [0.1, 0.15) is 31.1 Å². The zero-order chi connectivity index (χ0) is 14.5. The second-order valence-electron chi connectivity index (χ2n) is 4.48. The van der Waals surface area contributed by atoms with E-state index in [9.17, 15) is 9.59 Å². The van der Waals surface area contributed by atoms with Crippen molar-refractivity contribution in [3.63, 3.8) is 0 Å². The molecule has 0 N–H and O–H groups in total. The average molecular weight is 262 g/mol. The van der Waals surface area contributed by atoms with Gasteiger partial charge in [0, 0.05) is 12.5 Å². The Bertz CT molecular complexity index is 475. The van der Waals surface area contributed by atoms with Gasteiger partial charge >= 0.3 is 5.97 Å². The predicted octanol–water partition coefficient (Wildman–Crippen LogP) is 2.78. The monoisotopic (exact) mass is 262 g/mol. The molecule has 1 rings (SSSR count). The smallest absolute Gasteiger partial charge is 0.302 e. The van der Waals surface area contributed by atoms with Crippen LogP contribution in [0, 0.1) is 0 Å². The molecule has 0 aliphatic heterocycles. The molecule has 4 heteroatoms. The lowest BCUT2D eigenvalue weighted by Gasteiger charge is -2.26. The Hall–Kier alpha value is -2.10. The summed E-state index contributed by atoms with van der Waals surface area (Å²) in [5.41, 5.74) is -0.184. The Morgan fingerprint density at radius 1 is 1.26 bits per heavy atom. The zero-order valence-electron chi connectivity index (χ0n) is 11.4. The molecule has 1 unspecified atom stereocenters. The number of benzene rings is 1. The van der Waals surface area contributed by atoms with Crippen molar-refractivity contribution in [2.45, 2.75) is 26.4 Å². The number of ketones is 1.